The fourth-order valence-corrected chi connectivity index (χ4v) is 3.14. The predicted molar refractivity (Wildman–Crippen MR) is 58.3 cm³/mol. The second kappa shape index (κ2) is 3.31. The van der Waals surface area contributed by atoms with Gasteiger partial charge in [-0.2, -0.15) is 0 Å². The number of benzene rings is 1. The number of hydrogen-bond donors (Lipinski definition) is 0. The van der Waals surface area contributed by atoms with Gasteiger partial charge in [-0.25, -0.2) is 4.39 Å². The first-order valence-electron chi connectivity index (χ1n) is 5.67. The Balaban J connectivity index is 1.74. The van der Waals surface area contributed by atoms with Gasteiger partial charge in [0.1, 0.15) is 6.67 Å². The SMILES string of the molecule is FCC12CC(CN1Cc1ccccc1)C2. The van der Waals surface area contributed by atoms with Gasteiger partial charge in [-0.05, 0) is 24.3 Å². The summed E-state index contributed by atoms with van der Waals surface area (Å²) in [6.45, 7) is 1.84. The third kappa shape index (κ3) is 1.39. The van der Waals surface area contributed by atoms with Crippen molar-refractivity contribution in [2.24, 2.45) is 5.92 Å². The van der Waals surface area contributed by atoms with Crippen LogP contribution in [0.2, 0.25) is 0 Å². The highest BCUT2D eigenvalue weighted by Gasteiger charge is 2.55. The molecule has 0 radical (unpaired) electrons. The molecule has 15 heavy (non-hydrogen) atoms. The zero-order valence-electron chi connectivity index (χ0n) is 8.82. The fourth-order valence-electron chi connectivity index (χ4n) is 3.14. The summed E-state index contributed by atoms with van der Waals surface area (Å²) >= 11 is 0. The molecule has 2 aliphatic heterocycles. The first-order chi connectivity index (χ1) is 7.32. The number of nitrogens with zero attached hydrogens (tertiary/aromatic N) is 1. The van der Waals surface area contributed by atoms with Crippen LogP contribution in [0.1, 0.15) is 18.4 Å². The van der Waals surface area contributed by atoms with Crippen LogP contribution in [0.3, 0.4) is 0 Å². The maximum absolute atomic E-state index is 13.0. The summed E-state index contributed by atoms with van der Waals surface area (Å²) in [6, 6.07) is 10.4. The Morgan fingerprint density at radius 2 is 2.00 bits per heavy atom. The van der Waals surface area contributed by atoms with Gasteiger partial charge in [0, 0.05) is 13.1 Å². The average Bonchev–Trinajstić information content (AvgIpc) is 2.72. The van der Waals surface area contributed by atoms with Gasteiger partial charge in [0.2, 0.25) is 0 Å². The molecule has 1 saturated carbocycles. The number of hydrogen-bond acceptors (Lipinski definition) is 1. The summed E-state index contributed by atoms with van der Waals surface area (Å²) in [4.78, 5) is 2.34. The maximum Gasteiger partial charge on any atom is 0.108 e. The lowest BCUT2D eigenvalue weighted by molar-refractivity contribution is 0.0704. The van der Waals surface area contributed by atoms with Crippen molar-refractivity contribution in [3.05, 3.63) is 35.9 Å². The Kier molecular flexibility index (Phi) is 2.06. The molecule has 2 saturated heterocycles. The Morgan fingerprint density at radius 3 is 2.67 bits per heavy atom. The highest BCUT2D eigenvalue weighted by molar-refractivity contribution is 5.18. The minimum Gasteiger partial charge on any atom is -0.291 e. The fraction of sp³-hybridized carbons (Fsp3) is 0.538. The van der Waals surface area contributed by atoms with E-state index in [0.717, 1.165) is 31.8 Å². The summed E-state index contributed by atoms with van der Waals surface area (Å²) < 4.78 is 13.0. The molecule has 1 nitrogen and oxygen atoms in total. The van der Waals surface area contributed by atoms with Gasteiger partial charge in [0.25, 0.3) is 0 Å². The summed E-state index contributed by atoms with van der Waals surface area (Å²) in [5, 5.41) is 0. The molecule has 2 bridgehead atoms. The van der Waals surface area contributed by atoms with Crippen molar-refractivity contribution >= 4 is 0 Å². The average molecular weight is 205 g/mol. The lowest BCUT2D eigenvalue weighted by Crippen LogP contribution is -2.47. The summed E-state index contributed by atoms with van der Waals surface area (Å²) in [7, 11) is 0. The second-order valence-electron chi connectivity index (χ2n) is 5.00. The standard InChI is InChI=1S/C13H16FN/c14-10-13-6-12(7-13)9-15(13)8-11-4-2-1-3-5-11/h1-5,12H,6-10H2. The van der Waals surface area contributed by atoms with Crippen molar-refractivity contribution in [3.63, 3.8) is 0 Å². The number of alkyl halides is 1. The highest BCUT2D eigenvalue weighted by Crippen LogP contribution is 2.51. The normalized spacial score (nSPS) is 34.1. The number of halogens is 1. The smallest absolute Gasteiger partial charge is 0.108 e. The van der Waals surface area contributed by atoms with E-state index in [0.29, 0.717) is 0 Å². The van der Waals surface area contributed by atoms with E-state index in [9.17, 15) is 4.39 Å². The largest absolute Gasteiger partial charge is 0.291 e. The van der Waals surface area contributed by atoms with E-state index >= 15 is 0 Å². The first-order valence-corrected chi connectivity index (χ1v) is 5.67. The summed E-state index contributed by atoms with van der Waals surface area (Å²) in [5.41, 5.74) is 1.22. The summed E-state index contributed by atoms with van der Waals surface area (Å²) in [5.74, 6) is 0.768. The quantitative estimate of drug-likeness (QED) is 0.733. The van der Waals surface area contributed by atoms with Crippen LogP contribution in [-0.4, -0.2) is 23.7 Å². The molecular weight excluding hydrogens is 189 g/mol. The number of fused-ring (bicyclic) bond motifs is 1. The van der Waals surface area contributed by atoms with E-state index in [-0.39, 0.29) is 12.2 Å². The molecule has 4 rings (SSSR count). The van der Waals surface area contributed by atoms with Crippen LogP contribution in [-0.2, 0) is 6.54 Å². The monoisotopic (exact) mass is 205 g/mol. The summed E-state index contributed by atoms with van der Waals surface area (Å²) in [6.07, 6.45) is 2.16. The second-order valence-corrected chi connectivity index (χ2v) is 5.00. The minimum absolute atomic E-state index is 0.0828. The molecule has 2 heteroatoms. The van der Waals surface area contributed by atoms with Gasteiger partial charge in [-0.1, -0.05) is 30.3 Å². The van der Waals surface area contributed by atoms with E-state index < -0.39 is 0 Å². The molecule has 3 fully saturated rings. The van der Waals surface area contributed by atoms with Crippen LogP contribution < -0.4 is 0 Å². The Morgan fingerprint density at radius 1 is 1.27 bits per heavy atom. The Labute approximate surface area is 89.9 Å². The topological polar surface area (TPSA) is 3.24 Å². The molecule has 80 valence electrons. The van der Waals surface area contributed by atoms with Gasteiger partial charge >= 0.3 is 0 Å². The van der Waals surface area contributed by atoms with Crippen molar-refractivity contribution in [1.29, 1.82) is 0 Å². The molecule has 1 aromatic rings. The van der Waals surface area contributed by atoms with E-state index in [1.807, 2.05) is 6.07 Å². The van der Waals surface area contributed by atoms with Crippen LogP contribution in [0.15, 0.2) is 30.3 Å². The molecule has 0 unspecified atom stereocenters. The van der Waals surface area contributed by atoms with Crippen LogP contribution >= 0.6 is 0 Å². The van der Waals surface area contributed by atoms with Gasteiger partial charge in [-0.3, -0.25) is 4.90 Å². The molecule has 0 atom stereocenters. The molecule has 0 aromatic heterocycles. The van der Waals surface area contributed by atoms with Gasteiger partial charge < -0.3 is 0 Å². The van der Waals surface area contributed by atoms with Crippen LogP contribution in [0.25, 0.3) is 0 Å². The lowest BCUT2D eigenvalue weighted by Gasteiger charge is -2.40. The molecule has 0 spiro atoms. The van der Waals surface area contributed by atoms with Crippen LogP contribution in [0, 0.1) is 5.92 Å². The minimum atomic E-state index is -0.170. The lowest BCUT2D eigenvalue weighted by atomic mass is 9.74. The van der Waals surface area contributed by atoms with Crippen LogP contribution in [0.5, 0.6) is 0 Å². The van der Waals surface area contributed by atoms with E-state index in [4.69, 9.17) is 0 Å². The van der Waals surface area contributed by atoms with Crippen molar-refractivity contribution in [1.82, 2.24) is 4.90 Å². The molecule has 2 heterocycles. The maximum atomic E-state index is 13.0. The zero-order chi connectivity index (χ0) is 10.3. The van der Waals surface area contributed by atoms with Gasteiger partial charge in [0.05, 0.1) is 5.54 Å². The molecular formula is C13H16FN. The van der Waals surface area contributed by atoms with E-state index in [1.165, 1.54) is 5.56 Å². The number of rotatable bonds is 3. The molecule has 1 aliphatic carbocycles. The first kappa shape index (κ1) is 9.34. The molecule has 1 aromatic carbocycles. The third-order valence-electron chi connectivity index (χ3n) is 3.95. The van der Waals surface area contributed by atoms with Crippen molar-refractivity contribution < 1.29 is 4.39 Å². The molecule has 0 amide bonds. The Bertz CT molecular complexity index is 343. The highest BCUT2D eigenvalue weighted by atomic mass is 19.1. The van der Waals surface area contributed by atoms with Crippen molar-refractivity contribution in [3.8, 4) is 0 Å². The molecule has 0 N–H and O–H groups in total. The molecule has 3 aliphatic rings. The van der Waals surface area contributed by atoms with Crippen molar-refractivity contribution in [2.75, 3.05) is 13.2 Å². The predicted octanol–water partition coefficient (Wildman–Crippen LogP) is 2.62. The van der Waals surface area contributed by atoms with E-state index in [1.54, 1.807) is 0 Å². The third-order valence-corrected chi connectivity index (χ3v) is 3.95. The zero-order valence-corrected chi connectivity index (χ0v) is 8.82. The van der Waals surface area contributed by atoms with Crippen LogP contribution in [0.4, 0.5) is 4.39 Å². The van der Waals surface area contributed by atoms with Gasteiger partial charge in [-0.15, -0.1) is 0 Å². The van der Waals surface area contributed by atoms with E-state index in [2.05, 4.69) is 29.2 Å². The van der Waals surface area contributed by atoms with Crippen molar-refractivity contribution in [2.45, 2.75) is 24.9 Å². The van der Waals surface area contributed by atoms with Gasteiger partial charge in [0.15, 0.2) is 0 Å². The Hall–Kier alpha value is -0.890.